The summed E-state index contributed by atoms with van der Waals surface area (Å²) in [7, 11) is 1.95. The third-order valence-corrected chi connectivity index (χ3v) is 5.45. The van der Waals surface area contributed by atoms with Gasteiger partial charge < -0.3 is 15.0 Å². The lowest BCUT2D eigenvalue weighted by atomic mass is 9.97. The molecule has 1 amide bonds. The Balaban J connectivity index is 1.77. The van der Waals surface area contributed by atoms with Crippen LogP contribution >= 0.6 is 11.6 Å². The fraction of sp³-hybridized carbons (Fsp3) is 0.455. The summed E-state index contributed by atoms with van der Waals surface area (Å²) in [6, 6.07) is 9.63. The maximum atomic E-state index is 12.8. The molecule has 3 rings (SSSR count). The van der Waals surface area contributed by atoms with Gasteiger partial charge in [0.25, 0.3) is 5.91 Å². The van der Waals surface area contributed by atoms with Gasteiger partial charge in [-0.15, -0.1) is 0 Å². The van der Waals surface area contributed by atoms with E-state index in [0.29, 0.717) is 23.0 Å². The number of anilines is 2. The molecule has 1 N–H and O–H groups in total. The molecule has 0 radical (unpaired) electrons. The highest BCUT2D eigenvalue weighted by atomic mass is 35.5. The molecule has 2 aromatic rings. The van der Waals surface area contributed by atoms with Gasteiger partial charge in [0.1, 0.15) is 5.82 Å². The molecule has 1 fully saturated rings. The zero-order valence-electron chi connectivity index (χ0n) is 16.7. The first-order chi connectivity index (χ1) is 13.5. The molecule has 5 nitrogen and oxygen atoms in total. The van der Waals surface area contributed by atoms with Gasteiger partial charge in [-0.3, -0.25) is 4.79 Å². The van der Waals surface area contributed by atoms with Gasteiger partial charge in [-0.25, -0.2) is 4.98 Å². The van der Waals surface area contributed by atoms with Crippen LogP contribution in [0.1, 0.15) is 48.5 Å². The lowest BCUT2D eigenvalue weighted by molar-refractivity contribution is 0.0642. The van der Waals surface area contributed by atoms with Crippen molar-refractivity contribution in [2.75, 3.05) is 31.7 Å². The van der Waals surface area contributed by atoms with Crippen molar-refractivity contribution in [3.05, 3.63) is 52.7 Å². The Bertz CT molecular complexity index is 819. The first-order valence-electron chi connectivity index (χ1n) is 9.81. The van der Waals surface area contributed by atoms with Crippen LogP contribution < -0.4 is 10.2 Å². The van der Waals surface area contributed by atoms with E-state index in [0.717, 1.165) is 43.1 Å². The highest BCUT2D eigenvalue weighted by molar-refractivity contribution is 6.30. The minimum Gasteiger partial charge on any atom is -0.381 e. The molecule has 1 aliphatic heterocycles. The average molecular weight is 402 g/mol. The molecule has 0 aliphatic carbocycles. The molecule has 2 heterocycles. The van der Waals surface area contributed by atoms with E-state index in [4.69, 9.17) is 16.3 Å². The van der Waals surface area contributed by atoms with Crippen molar-refractivity contribution in [2.24, 2.45) is 5.92 Å². The summed E-state index contributed by atoms with van der Waals surface area (Å²) in [5.74, 6) is 1.42. The van der Waals surface area contributed by atoms with Crippen LogP contribution in [-0.2, 0) is 4.74 Å². The second kappa shape index (κ2) is 9.39. The SMILES string of the molecule is CC(C)c1cc(N(C)c2cccc(Cl)c2)ncc1C(=O)NCC1CCOCC1. The van der Waals surface area contributed by atoms with Gasteiger partial charge in [-0.1, -0.05) is 31.5 Å². The third kappa shape index (κ3) is 5.03. The van der Waals surface area contributed by atoms with Crippen molar-refractivity contribution in [3.63, 3.8) is 0 Å². The number of hydrogen-bond acceptors (Lipinski definition) is 4. The van der Waals surface area contributed by atoms with Crippen LogP contribution in [0.15, 0.2) is 36.5 Å². The first kappa shape index (κ1) is 20.6. The highest BCUT2D eigenvalue weighted by Crippen LogP contribution is 2.28. The van der Waals surface area contributed by atoms with Gasteiger partial charge >= 0.3 is 0 Å². The van der Waals surface area contributed by atoms with Crippen LogP contribution in [0.25, 0.3) is 0 Å². The lowest BCUT2D eigenvalue weighted by Gasteiger charge is -2.23. The van der Waals surface area contributed by atoms with E-state index in [1.54, 1.807) is 6.20 Å². The second-order valence-electron chi connectivity index (χ2n) is 7.59. The Labute approximate surface area is 172 Å². The van der Waals surface area contributed by atoms with Crippen molar-refractivity contribution in [3.8, 4) is 0 Å². The Morgan fingerprint density at radius 3 is 2.75 bits per heavy atom. The van der Waals surface area contributed by atoms with Crippen molar-refractivity contribution < 1.29 is 9.53 Å². The van der Waals surface area contributed by atoms with Crippen LogP contribution in [0.5, 0.6) is 0 Å². The van der Waals surface area contributed by atoms with E-state index < -0.39 is 0 Å². The summed E-state index contributed by atoms with van der Waals surface area (Å²) in [6.07, 6.45) is 3.68. The van der Waals surface area contributed by atoms with E-state index in [-0.39, 0.29) is 11.8 Å². The number of amides is 1. The number of ether oxygens (including phenoxy) is 1. The van der Waals surface area contributed by atoms with Gasteiger partial charge in [0.05, 0.1) is 5.56 Å². The maximum absolute atomic E-state index is 12.8. The molecule has 0 bridgehead atoms. The minimum atomic E-state index is -0.0559. The van der Waals surface area contributed by atoms with Gasteiger partial charge in [0.15, 0.2) is 0 Å². The largest absolute Gasteiger partial charge is 0.381 e. The molecule has 0 spiro atoms. The molecule has 1 saturated heterocycles. The summed E-state index contributed by atoms with van der Waals surface area (Å²) < 4.78 is 5.39. The molecule has 0 saturated carbocycles. The number of aromatic nitrogens is 1. The van der Waals surface area contributed by atoms with E-state index in [9.17, 15) is 4.79 Å². The van der Waals surface area contributed by atoms with Gasteiger partial charge in [0, 0.05) is 43.7 Å². The molecule has 1 aromatic carbocycles. The summed E-state index contributed by atoms with van der Waals surface area (Å²) in [5, 5.41) is 3.76. The number of benzene rings is 1. The van der Waals surface area contributed by atoms with E-state index in [1.165, 1.54) is 0 Å². The van der Waals surface area contributed by atoms with Gasteiger partial charge in [-0.2, -0.15) is 0 Å². The fourth-order valence-electron chi connectivity index (χ4n) is 3.41. The number of nitrogens with zero attached hydrogens (tertiary/aromatic N) is 2. The molecule has 150 valence electrons. The van der Waals surface area contributed by atoms with E-state index in [1.807, 2.05) is 42.3 Å². The molecule has 28 heavy (non-hydrogen) atoms. The maximum Gasteiger partial charge on any atom is 0.253 e. The number of carbonyl (C=O) groups is 1. The minimum absolute atomic E-state index is 0.0559. The molecule has 1 aliphatic rings. The molecular formula is C22H28ClN3O2. The number of hydrogen-bond donors (Lipinski definition) is 1. The van der Waals surface area contributed by atoms with Crippen LogP contribution in [0.3, 0.4) is 0 Å². The number of pyridine rings is 1. The Hall–Kier alpha value is -2.11. The zero-order valence-corrected chi connectivity index (χ0v) is 17.5. The normalized spacial score (nSPS) is 14.9. The standard InChI is InChI=1S/C22H28ClN3O2/c1-15(2)19-12-21(26(3)18-6-4-5-17(23)11-18)24-14-20(19)22(27)25-13-16-7-9-28-10-8-16/h4-6,11-12,14-16H,7-10,13H2,1-3H3,(H,25,27). The Morgan fingerprint density at radius 2 is 2.07 bits per heavy atom. The Morgan fingerprint density at radius 1 is 1.32 bits per heavy atom. The van der Waals surface area contributed by atoms with Crippen molar-refractivity contribution in [1.29, 1.82) is 0 Å². The summed E-state index contributed by atoms with van der Waals surface area (Å²) >= 11 is 6.12. The number of nitrogens with one attached hydrogen (secondary N) is 1. The van der Waals surface area contributed by atoms with E-state index >= 15 is 0 Å². The van der Waals surface area contributed by atoms with Crippen molar-refractivity contribution in [1.82, 2.24) is 10.3 Å². The van der Waals surface area contributed by atoms with E-state index in [2.05, 4.69) is 24.1 Å². The zero-order chi connectivity index (χ0) is 20.1. The topological polar surface area (TPSA) is 54.5 Å². The number of carbonyl (C=O) groups excluding carboxylic acids is 1. The predicted octanol–water partition coefficient (Wildman–Crippen LogP) is 4.78. The van der Waals surface area contributed by atoms with Crippen LogP contribution in [0.2, 0.25) is 5.02 Å². The second-order valence-corrected chi connectivity index (χ2v) is 8.03. The lowest BCUT2D eigenvalue weighted by Crippen LogP contribution is -2.33. The smallest absolute Gasteiger partial charge is 0.253 e. The van der Waals surface area contributed by atoms with Crippen LogP contribution in [0.4, 0.5) is 11.5 Å². The van der Waals surface area contributed by atoms with Crippen molar-refractivity contribution in [2.45, 2.75) is 32.6 Å². The number of rotatable bonds is 6. The highest BCUT2D eigenvalue weighted by Gasteiger charge is 2.19. The van der Waals surface area contributed by atoms with Crippen molar-refractivity contribution >= 4 is 29.0 Å². The van der Waals surface area contributed by atoms with Crippen LogP contribution in [-0.4, -0.2) is 37.7 Å². The molecule has 0 atom stereocenters. The monoisotopic (exact) mass is 401 g/mol. The van der Waals surface area contributed by atoms with Gasteiger partial charge in [-0.05, 0) is 54.5 Å². The third-order valence-electron chi connectivity index (χ3n) is 5.22. The summed E-state index contributed by atoms with van der Waals surface area (Å²) in [4.78, 5) is 19.3. The van der Waals surface area contributed by atoms with Crippen LogP contribution in [0, 0.1) is 5.92 Å². The first-order valence-corrected chi connectivity index (χ1v) is 10.2. The molecule has 6 heteroatoms. The summed E-state index contributed by atoms with van der Waals surface area (Å²) in [6.45, 7) is 6.43. The quantitative estimate of drug-likeness (QED) is 0.756. The molecule has 0 unspecified atom stereocenters. The Kier molecular flexibility index (Phi) is 6.92. The fourth-order valence-corrected chi connectivity index (χ4v) is 3.59. The van der Waals surface area contributed by atoms with Gasteiger partial charge in [0.2, 0.25) is 0 Å². The molecular weight excluding hydrogens is 374 g/mol. The average Bonchev–Trinajstić information content (AvgIpc) is 2.71. The molecule has 1 aromatic heterocycles. The number of halogens is 1. The predicted molar refractivity (Wildman–Crippen MR) is 114 cm³/mol. The summed E-state index contributed by atoms with van der Waals surface area (Å²) in [5.41, 5.74) is 2.58.